The second-order valence-corrected chi connectivity index (χ2v) is 26.1. The van der Waals surface area contributed by atoms with Gasteiger partial charge < -0.3 is 111 Å². The van der Waals surface area contributed by atoms with Crippen LogP contribution in [-0.4, -0.2) is 231 Å². The molecular weight excluding hydrogens is 1310 g/mol. The van der Waals surface area contributed by atoms with Crippen molar-refractivity contribution >= 4 is 98.4 Å². The van der Waals surface area contributed by atoms with E-state index in [0.29, 0.717) is 49.7 Å². The zero-order chi connectivity index (χ0) is 71.1. The van der Waals surface area contributed by atoms with E-state index >= 15 is 0 Å². The van der Waals surface area contributed by atoms with E-state index in [4.69, 9.17) is 38.1 Å². The molecule has 2 aromatic rings. The molecule has 5 rings (SSSR count). The molecule has 536 valence electrons. The maximum Gasteiger partial charge on any atom is 0.246 e. The summed E-state index contributed by atoms with van der Waals surface area (Å²) in [6.45, 7) is -1.05. The molecule has 0 spiro atoms. The van der Waals surface area contributed by atoms with E-state index in [1.807, 2.05) is 0 Å². The van der Waals surface area contributed by atoms with Gasteiger partial charge in [-0.1, -0.05) is 89.7 Å². The molecule has 0 aliphatic carbocycles. The number of amides is 12. The number of nitrogens with one attached hydrogen (secondary N) is 8. The second kappa shape index (κ2) is 41.0. The topological polar surface area (TPSA) is 566 Å². The smallest absolute Gasteiger partial charge is 0.246 e. The van der Waals surface area contributed by atoms with E-state index in [0.717, 1.165) is 26.5 Å². The van der Waals surface area contributed by atoms with E-state index < -0.39 is 182 Å². The Kier molecular flexibility index (Phi) is 33.5. The third-order valence-electron chi connectivity index (χ3n) is 15.9. The number of phenols is 1. The molecule has 0 radical (unpaired) electrons. The number of primary amides is 3. The molecule has 3 heterocycles. The van der Waals surface area contributed by atoms with Crippen molar-refractivity contribution in [1.82, 2.24) is 47.4 Å². The SMILES string of the molecule is NC(=O)CCC1NC(=O)[C@H](Cc2ccccc2)NC(=O)C(Cc2ccc(O)cc2)NC(=O)[C@@H](NC(=O)CCCCCCCCO[C@@H]2O[C@H](CO)[C@@H](O)[C@H](O)[C@@H]2O)CSSC[C@@H](C(=O)N2CCC[C@H]2C(=O)N[C@@H](CCCN=C(N)N)C(=O)NCC(N)=O)NC(=O)C(CC(N)=O)NC1=O. The van der Waals surface area contributed by atoms with Gasteiger partial charge >= 0.3 is 0 Å². The number of aliphatic hydroxyl groups is 4. The zero-order valence-electron chi connectivity index (χ0n) is 53.5. The summed E-state index contributed by atoms with van der Waals surface area (Å²) in [5.74, 6) is -12.0. The Hall–Kier alpha value is -8.39. The molecular formula is C61H91N15O19S2. The number of benzene rings is 2. The molecule has 2 aromatic carbocycles. The summed E-state index contributed by atoms with van der Waals surface area (Å²) >= 11 is 0. The number of aromatic hydroxyl groups is 1. The number of carbonyl (C=O) groups excluding carboxylic acids is 12. The molecule has 3 saturated heterocycles. The Balaban J connectivity index is 1.46. The van der Waals surface area contributed by atoms with Gasteiger partial charge in [0.05, 0.1) is 19.6 Å². The van der Waals surface area contributed by atoms with Crippen molar-refractivity contribution in [3.05, 3.63) is 65.7 Å². The maximum absolute atomic E-state index is 15.0. The molecule has 3 aliphatic rings. The van der Waals surface area contributed by atoms with Crippen LogP contribution in [0.4, 0.5) is 0 Å². The number of aliphatic hydroxyl groups excluding tert-OH is 4. The lowest BCUT2D eigenvalue weighted by Gasteiger charge is -2.39. The quantitative estimate of drug-likeness (QED) is 0.0145. The number of likely N-dealkylation sites (tertiary alicyclic amines) is 1. The Morgan fingerprint density at radius 3 is 1.91 bits per heavy atom. The van der Waals surface area contributed by atoms with Crippen LogP contribution in [0.5, 0.6) is 5.75 Å². The molecule has 3 fully saturated rings. The van der Waals surface area contributed by atoms with Gasteiger partial charge in [-0.15, -0.1) is 0 Å². The molecule has 97 heavy (non-hydrogen) atoms. The van der Waals surface area contributed by atoms with Gasteiger partial charge in [0.2, 0.25) is 70.9 Å². The number of nitrogens with two attached hydrogens (primary N) is 5. The molecule has 13 atom stereocenters. The molecule has 3 aliphatic heterocycles. The molecule has 3 unspecified atom stereocenters. The van der Waals surface area contributed by atoms with Crippen LogP contribution >= 0.6 is 21.6 Å². The molecule has 36 heteroatoms. The summed E-state index contributed by atoms with van der Waals surface area (Å²) in [6, 6.07) is 1.80. The van der Waals surface area contributed by atoms with Crippen LogP contribution in [-0.2, 0) is 79.8 Å². The average Bonchev–Trinajstić information content (AvgIpc) is 1.09. The first-order valence-electron chi connectivity index (χ1n) is 31.8. The first-order valence-corrected chi connectivity index (χ1v) is 34.3. The Morgan fingerprint density at radius 2 is 1.27 bits per heavy atom. The Labute approximate surface area is 567 Å². The van der Waals surface area contributed by atoms with E-state index in [9.17, 15) is 83.1 Å². The molecule has 0 bridgehead atoms. The van der Waals surface area contributed by atoms with Gasteiger partial charge in [-0.2, -0.15) is 0 Å². The Bertz CT molecular complexity index is 3030. The van der Waals surface area contributed by atoms with Crippen LogP contribution in [0.25, 0.3) is 0 Å². The lowest BCUT2D eigenvalue weighted by Crippen LogP contribution is -2.61. The number of carbonyl (C=O) groups is 12. The number of hydrogen-bond donors (Lipinski definition) is 18. The predicted octanol–water partition coefficient (Wildman–Crippen LogP) is -5.70. The standard InChI is InChI=1S/C61H91N15O19S2/c62-45(79)22-21-37-53(87)74-40(28-46(63)80)56(90)75-42(59(93)76-24-11-15-43(76)58(92)71-36(14-10-23-67-61(65)66)52(86)68-29-47(64)81)32-97-96-31-41(69-48(82)16-8-3-1-2-4-9-25-94-60-51(85)50(84)49(83)44(30-77)95-60)57(91)73-39(27-34-17-19-35(78)20-18-34)55(89)72-38(54(88)70-37)26-33-12-6-5-7-13-33/h5-7,12-13,17-20,36-44,49-51,60,77-78,83-85H,1-4,8-11,14-16,21-32H2,(H2,62,79)(H2,63,80)(H2,64,81)(H,68,86)(H,69,82)(H,70,88)(H,71,92)(H,72,89)(H,73,91)(H,74,87)(H,75,90)(H4,65,66,67)/t36-,37?,38-,39?,40?,41-,42-,43-,44+,49+,50-,51-,60+/m0/s1. The summed E-state index contributed by atoms with van der Waals surface area (Å²) in [7, 11) is 1.87. The number of phenolic OH excluding ortho intramolecular Hbond substituents is 1. The van der Waals surface area contributed by atoms with Gasteiger partial charge in [-0.3, -0.25) is 62.5 Å². The zero-order valence-corrected chi connectivity index (χ0v) is 55.1. The first kappa shape index (κ1) is 79.3. The fraction of sp³-hybridized carbons (Fsp3) is 0.590. The highest BCUT2D eigenvalue weighted by molar-refractivity contribution is 8.76. The average molecular weight is 1400 g/mol. The summed E-state index contributed by atoms with van der Waals surface area (Å²) < 4.78 is 11.0. The molecule has 34 nitrogen and oxygen atoms in total. The van der Waals surface area contributed by atoms with Crippen molar-refractivity contribution in [2.45, 2.75) is 182 Å². The third kappa shape index (κ3) is 27.2. The van der Waals surface area contributed by atoms with Gasteiger partial charge in [0.15, 0.2) is 12.2 Å². The molecule has 23 N–H and O–H groups in total. The number of nitrogens with zero attached hydrogens (tertiary/aromatic N) is 2. The first-order chi connectivity index (χ1) is 46.2. The van der Waals surface area contributed by atoms with E-state index in [1.54, 1.807) is 30.3 Å². The minimum Gasteiger partial charge on any atom is -0.508 e. The Morgan fingerprint density at radius 1 is 0.670 bits per heavy atom. The number of aliphatic imine (C=N–C) groups is 1. The van der Waals surface area contributed by atoms with Crippen LogP contribution in [0.2, 0.25) is 0 Å². The van der Waals surface area contributed by atoms with Gasteiger partial charge in [-0.25, -0.2) is 0 Å². The second-order valence-electron chi connectivity index (χ2n) is 23.6. The monoisotopic (exact) mass is 1400 g/mol. The number of unbranched alkanes of at least 4 members (excludes halogenated alkanes) is 5. The summed E-state index contributed by atoms with van der Waals surface area (Å²) in [5, 5.41) is 70.7. The van der Waals surface area contributed by atoms with E-state index in [1.165, 1.54) is 24.3 Å². The minimum absolute atomic E-state index is 0.0414. The van der Waals surface area contributed by atoms with Gasteiger partial charge in [0.25, 0.3) is 0 Å². The molecule has 12 amide bonds. The maximum atomic E-state index is 15.0. The van der Waals surface area contributed by atoms with Crippen molar-refractivity contribution < 1.29 is 92.5 Å². The van der Waals surface area contributed by atoms with Gasteiger partial charge in [0.1, 0.15) is 78.5 Å². The highest BCUT2D eigenvalue weighted by atomic mass is 33.1. The van der Waals surface area contributed by atoms with E-state index in [-0.39, 0.29) is 87.9 Å². The highest BCUT2D eigenvalue weighted by Gasteiger charge is 2.45. The molecule has 0 aromatic heterocycles. The summed E-state index contributed by atoms with van der Waals surface area (Å²) in [4.78, 5) is 171. The van der Waals surface area contributed by atoms with Crippen LogP contribution in [0, 0.1) is 0 Å². The van der Waals surface area contributed by atoms with Gasteiger partial charge in [-0.05, 0) is 68.2 Å². The number of hydrogen-bond acceptors (Lipinski definition) is 22. The van der Waals surface area contributed by atoms with Crippen molar-refractivity contribution in [2.75, 3.05) is 44.4 Å². The normalized spacial score (nSPS) is 24.9. The predicted molar refractivity (Wildman–Crippen MR) is 352 cm³/mol. The van der Waals surface area contributed by atoms with Crippen molar-refractivity contribution in [1.29, 1.82) is 0 Å². The summed E-state index contributed by atoms with van der Waals surface area (Å²) in [6.07, 6.45) is -5.53. The minimum atomic E-state index is -1.87. The van der Waals surface area contributed by atoms with Crippen LogP contribution in [0.3, 0.4) is 0 Å². The number of rotatable bonds is 31. The van der Waals surface area contributed by atoms with Crippen LogP contribution in [0.15, 0.2) is 59.6 Å². The largest absolute Gasteiger partial charge is 0.508 e. The van der Waals surface area contributed by atoms with Crippen molar-refractivity contribution in [2.24, 2.45) is 33.7 Å². The molecule has 0 saturated carbocycles. The number of guanidine groups is 1. The lowest BCUT2D eigenvalue weighted by atomic mass is 9.99. The van der Waals surface area contributed by atoms with Crippen LogP contribution in [0.1, 0.15) is 101 Å². The highest BCUT2D eigenvalue weighted by Crippen LogP contribution is 2.27. The van der Waals surface area contributed by atoms with Crippen molar-refractivity contribution in [3.8, 4) is 5.75 Å². The van der Waals surface area contributed by atoms with Crippen LogP contribution < -0.4 is 71.2 Å². The number of ether oxygens (including phenoxy) is 2. The fourth-order valence-electron chi connectivity index (χ4n) is 10.7. The third-order valence-corrected chi connectivity index (χ3v) is 18.3. The summed E-state index contributed by atoms with van der Waals surface area (Å²) in [5.41, 5.74) is 28.2. The van der Waals surface area contributed by atoms with E-state index in [2.05, 4.69) is 47.5 Å². The fourth-order valence-corrected chi connectivity index (χ4v) is 13.0. The van der Waals surface area contributed by atoms with Gasteiger partial charge in [0, 0.05) is 56.9 Å². The lowest BCUT2D eigenvalue weighted by molar-refractivity contribution is -0.301. The van der Waals surface area contributed by atoms with Crippen molar-refractivity contribution in [3.63, 3.8) is 0 Å².